The summed E-state index contributed by atoms with van der Waals surface area (Å²) in [6.45, 7) is 5.20. The number of nitrogens with one attached hydrogen (secondary N) is 1. The molecule has 1 aromatic rings. The van der Waals surface area contributed by atoms with Crippen molar-refractivity contribution in [1.29, 1.82) is 0 Å². The number of hydrogen-bond acceptors (Lipinski definition) is 3. The lowest BCUT2D eigenvalue weighted by Gasteiger charge is -2.14. The van der Waals surface area contributed by atoms with E-state index in [1.54, 1.807) is 11.3 Å². The lowest BCUT2D eigenvalue weighted by Crippen LogP contribution is -2.23. The Bertz CT molecular complexity index is 361. The van der Waals surface area contributed by atoms with Gasteiger partial charge in [0.25, 0.3) is 0 Å². The van der Waals surface area contributed by atoms with Crippen molar-refractivity contribution in [3.63, 3.8) is 0 Å². The number of thiophene rings is 1. The first-order valence-electron chi connectivity index (χ1n) is 5.33. The van der Waals surface area contributed by atoms with E-state index in [0.717, 1.165) is 18.7 Å². The summed E-state index contributed by atoms with van der Waals surface area (Å²) in [6, 6.07) is 2.44. The van der Waals surface area contributed by atoms with Crippen LogP contribution in [0.1, 0.15) is 29.8 Å². The first kappa shape index (κ1) is 11.3. The molecule has 0 aliphatic carbocycles. The third-order valence-electron chi connectivity index (χ3n) is 2.94. The summed E-state index contributed by atoms with van der Waals surface area (Å²) in [5.74, 6) is 0.766. The van der Waals surface area contributed by atoms with E-state index in [4.69, 9.17) is 0 Å². The van der Waals surface area contributed by atoms with E-state index in [9.17, 15) is 4.21 Å². The Hall–Kier alpha value is -0.190. The summed E-state index contributed by atoms with van der Waals surface area (Å²) in [5, 5.41) is 5.95. The van der Waals surface area contributed by atoms with Gasteiger partial charge >= 0.3 is 0 Å². The molecule has 1 aliphatic rings. The lowest BCUT2D eigenvalue weighted by atomic mass is 10.2. The van der Waals surface area contributed by atoms with Crippen LogP contribution in [0.25, 0.3) is 0 Å². The molecule has 3 unspecified atom stereocenters. The Morgan fingerprint density at radius 2 is 2.40 bits per heavy atom. The highest BCUT2D eigenvalue weighted by atomic mass is 32.2. The minimum atomic E-state index is -0.681. The van der Waals surface area contributed by atoms with Gasteiger partial charge in [0.2, 0.25) is 0 Å². The molecule has 0 saturated carbocycles. The Balaban J connectivity index is 2.17. The zero-order valence-electron chi connectivity index (χ0n) is 9.16. The summed E-state index contributed by atoms with van der Waals surface area (Å²) < 4.78 is 11.9. The topological polar surface area (TPSA) is 29.1 Å². The second-order valence-electron chi connectivity index (χ2n) is 4.12. The van der Waals surface area contributed by atoms with Crippen LogP contribution in [0.5, 0.6) is 0 Å². The van der Waals surface area contributed by atoms with Crippen molar-refractivity contribution in [3.05, 3.63) is 21.9 Å². The van der Waals surface area contributed by atoms with Crippen LogP contribution in [-0.4, -0.2) is 21.8 Å². The van der Waals surface area contributed by atoms with Gasteiger partial charge in [0, 0.05) is 26.7 Å². The molecule has 1 saturated heterocycles. The fraction of sp³-hybridized carbons (Fsp3) is 0.636. The first-order valence-corrected chi connectivity index (χ1v) is 7.59. The molecule has 2 rings (SSSR count). The van der Waals surface area contributed by atoms with Crippen molar-refractivity contribution in [2.45, 2.75) is 31.6 Å². The Morgan fingerprint density at radius 3 is 3.07 bits per heavy atom. The van der Waals surface area contributed by atoms with Gasteiger partial charge in [-0.05, 0) is 36.9 Å². The van der Waals surface area contributed by atoms with Crippen molar-refractivity contribution >= 4 is 22.1 Å². The zero-order valence-corrected chi connectivity index (χ0v) is 10.8. The maximum absolute atomic E-state index is 11.9. The van der Waals surface area contributed by atoms with Gasteiger partial charge in [0.1, 0.15) is 0 Å². The molecule has 15 heavy (non-hydrogen) atoms. The predicted octanol–water partition coefficient (Wildman–Crippen LogP) is 2.23. The van der Waals surface area contributed by atoms with Gasteiger partial charge in [0.05, 0.1) is 6.04 Å². The van der Waals surface area contributed by atoms with Crippen molar-refractivity contribution in [1.82, 2.24) is 5.32 Å². The quantitative estimate of drug-likeness (QED) is 0.819. The van der Waals surface area contributed by atoms with Crippen molar-refractivity contribution in [2.75, 3.05) is 12.3 Å². The van der Waals surface area contributed by atoms with Crippen LogP contribution in [0, 0.1) is 6.92 Å². The van der Waals surface area contributed by atoms with E-state index in [1.165, 1.54) is 10.4 Å². The second-order valence-corrected chi connectivity index (χ2v) is 6.97. The number of aryl methyl sites for hydroxylation is 1. The van der Waals surface area contributed by atoms with E-state index >= 15 is 0 Å². The van der Waals surface area contributed by atoms with E-state index in [1.807, 2.05) is 0 Å². The molecular formula is C11H17NOS2. The Kier molecular flexibility index (Phi) is 3.59. The van der Waals surface area contributed by atoms with Crippen LogP contribution in [0.15, 0.2) is 11.4 Å². The fourth-order valence-electron chi connectivity index (χ4n) is 1.89. The molecule has 1 aliphatic heterocycles. The highest BCUT2D eigenvalue weighted by Gasteiger charge is 2.24. The van der Waals surface area contributed by atoms with Gasteiger partial charge in [-0.15, -0.1) is 11.3 Å². The Morgan fingerprint density at radius 1 is 1.60 bits per heavy atom. The highest BCUT2D eigenvalue weighted by Crippen LogP contribution is 2.26. The zero-order chi connectivity index (χ0) is 10.8. The number of hydrogen-bond donors (Lipinski definition) is 1. The molecule has 3 atom stereocenters. The minimum absolute atomic E-state index is 0.302. The van der Waals surface area contributed by atoms with Crippen LogP contribution >= 0.6 is 11.3 Å². The van der Waals surface area contributed by atoms with E-state index < -0.39 is 10.8 Å². The molecule has 1 aromatic heterocycles. The molecule has 0 amide bonds. The lowest BCUT2D eigenvalue weighted by molar-refractivity contribution is 0.583. The molecule has 0 spiro atoms. The van der Waals surface area contributed by atoms with E-state index in [2.05, 4.69) is 30.6 Å². The van der Waals surface area contributed by atoms with Crippen LogP contribution in [0.4, 0.5) is 0 Å². The molecular weight excluding hydrogens is 226 g/mol. The first-order chi connectivity index (χ1) is 7.18. The molecule has 4 heteroatoms. The van der Waals surface area contributed by atoms with Crippen molar-refractivity contribution in [3.8, 4) is 0 Å². The van der Waals surface area contributed by atoms with E-state index in [0.29, 0.717) is 11.3 Å². The smallest absolute Gasteiger partial charge is 0.0534 e. The summed E-state index contributed by atoms with van der Waals surface area (Å²) in [4.78, 5) is 1.36. The summed E-state index contributed by atoms with van der Waals surface area (Å²) in [7, 11) is -0.681. The normalized spacial score (nSPS) is 32.5. The summed E-state index contributed by atoms with van der Waals surface area (Å²) in [5.41, 5.74) is 1.32. The van der Waals surface area contributed by atoms with Gasteiger partial charge in [0.15, 0.2) is 0 Å². The fourth-order valence-corrected chi connectivity index (χ4v) is 4.32. The van der Waals surface area contributed by atoms with Crippen LogP contribution in [0.2, 0.25) is 0 Å². The molecule has 0 radical (unpaired) electrons. The van der Waals surface area contributed by atoms with Crippen molar-refractivity contribution in [2.24, 2.45) is 0 Å². The third-order valence-corrected chi connectivity index (χ3v) is 5.87. The maximum Gasteiger partial charge on any atom is 0.0534 e. The monoisotopic (exact) mass is 243 g/mol. The molecule has 2 nitrogen and oxygen atoms in total. The average molecular weight is 243 g/mol. The Labute approximate surface area is 97.5 Å². The van der Waals surface area contributed by atoms with Crippen molar-refractivity contribution < 1.29 is 4.21 Å². The molecule has 1 N–H and O–H groups in total. The third kappa shape index (κ3) is 2.49. The van der Waals surface area contributed by atoms with Crippen LogP contribution < -0.4 is 5.32 Å². The summed E-state index contributed by atoms with van der Waals surface area (Å²) >= 11 is 1.77. The second kappa shape index (κ2) is 4.76. The van der Waals surface area contributed by atoms with Gasteiger partial charge in [-0.2, -0.15) is 0 Å². The van der Waals surface area contributed by atoms with Crippen LogP contribution in [-0.2, 0) is 10.8 Å². The molecule has 2 heterocycles. The summed E-state index contributed by atoms with van der Waals surface area (Å²) in [6.07, 6.45) is 1.02. The standard InChI is InChI=1S/C11H17NOS2/c1-8-4-6-14-11(8)10-7-15(13)9(2)3-5-12-10/h4,6,9-10,12H,3,5,7H2,1-2H3. The van der Waals surface area contributed by atoms with Gasteiger partial charge in [-0.1, -0.05) is 6.92 Å². The molecule has 1 fully saturated rings. The van der Waals surface area contributed by atoms with Crippen LogP contribution in [0.3, 0.4) is 0 Å². The molecule has 84 valence electrons. The SMILES string of the molecule is Cc1ccsc1C1CS(=O)C(C)CCN1. The largest absolute Gasteiger partial charge is 0.308 e. The highest BCUT2D eigenvalue weighted by molar-refractivity contribution is 7.85. The van der Waals surface area contributed by atoms with Gasteiger partial charge in [-0.25, -0.2) is 0 Å². The van der Waals surface area contributed by atoms with Gasteiger partial charge in [-0.3, -0.25) is 4.21 Å². The minimum Gasteiger partial charge on any atom is -0.308 e. The molecule has 0 bridgehead atoms. The number of rotatable bonds is 1. The average Bonchev–Trinajstić information content (AvgIpc) is 2.55. The van der Waals surface area contributed by atoms with Gasteiger partial charge < -0.3 is 5.32 Å². The predicted molar refractivity (Wildman–Crippen MR) is 66.9 cm³/mol. The molecule has 0 aromatic carbocycles. The maximum atomic E-state index is 11.9. The van der Waals surface area contributed by atoms with E-state index in [-0.39, 0.29) is 0 Å².